The summed E-state index contributed by atoms with van der Waals surface area (Å²) in [6.07, 6.45) is 4.07. The molecule has 0 heterocycles. The molecular formula is C10H24N2O2. The molecule has 0 bridgehead atoms. The van der Waals surface area contributed by atoms with Gasteiger partial charge in [-0.15, -0.1) is 0 Å². The zero-order valence-corrected chi connectivity index (χ0v) is 9.13. The van der Waals surface area contributed by atoms with E-state index in [0.717, 1.165) is 38.8 Å². The molecule has 0 radical (unpaired) electrons. The average Bonchev–Trinajstić information content (AvgIpc) is 2.19. The Kier molecular flexibility index (Phi) is 10.8. The van der Waals surface area contributed by atoms with Crippen molar-refractivity contribution in [1.82, 2.24) is 10.6 Å². The smallest absolute Gasteiger partial charge is 0.0542 e. The Morgan fingerprint density at radius 1 is 0.857 bits per heavy atom. The maximum Gasteiger partial charge on any atom is 0.0542 e. The average molecular weight is 204 g/mol. The highest BCUT2D eigenvalue weighted by molar-refractivity contribution is 4.58. The molecule has 0 aliphatic rings. The Labute approximate surface area is 86.7 Å². The summed E-state index contributed by atoms with van der Waals surface area (Å²) in [7, 11) is 0. The van der Waals surface area contributed by atoms with Gasteiger partial charge in [0.05, 0.1) is 6.17 Å². The van der Waals surface area contributed by atoms with Gasteiger partial charge in [0.15, 0.2) is 0 Å². The van der Waals surface area contributed by atoms with Crippen molar-refractivity contribution in [3.63, 3.8) is 0 Å². The third-order valence-corrected chi connectivity index (χ3v) is 2.07. The van der Waals surface area contributed by atoms with Crippen LogP contribution in [0.5, 0.6) is 0 Å². The normalized spacial score (nSPS) is 11.1. The van der Waals surface area contributed by atoms with Gasteiger partial charge in [0.25, 0.3) is 0 Å². The van der Waals surface area contributed by atoms with Crippen LogP contribution < -0.4 is 10.6 Å². The first-order valence-electron chi connectivity index (χ1n) is 5.49. The van der Waals surface area contributed by atoms with Gasteiger partial charge in [0, 0.05) is 13.2 Å². The van der Waals surface area contributed by atoms with E-state index < -0.39 is 0 Å². The van der Waals surface area contributed by atoms with Crippen LogP contribution in [0.25, 0.3) is 0 Å². The van der Waals surface area contributed by atoms with Crippen molar-refractivity contribution in [1.29, 1.82) is 0 Å². The maximum atomic E-state index is 8.56. The standard InChI is InChI=1S/C10H24N2O2/c1-10(11-6-2-4-8-13)12-7-3-5-9-14/h10-14H,2-9H2,1H3. The van der Waals surface area contributed by atoms with E-state index in [1.165, 1.54) is 0 Å². The molecular weight excluding hydrogens is 180 g/mol. The topological polar surface area (TPSA) is 64.5 Å². The Bertz CT molecular complexity index is 100. The van der Waals surface area contributed by atoms with Gasteiger partial charge in [0.2, 0.25) is 0 Å². The van der Waals surface area contributed by atoms with E-state index >= 15 is 0 Å². The molecule has 0 atom stereocenters. The second-order valence-corrected chi connectivity index (χ2v) is 3.49. The molecule has 0 aliphatic heterocycles. The third-order valence-electron chi connectivity index (χ3n) is 2.07. The fraction of sp³-hybridized carbons (Fsp3) is 1.00. The molecule has 0 unspecified atom stereocenters. The number of unbranched alkanes of at least 4 members (excludes halogenated alkanes) is 2. The first-order chi connectivity index (χ1) is 6.81. The van der Waals surface area contributed by atoms with Gasteiger partial charge in [-0.1, -0.05) is 0 Å². The monoisotopic (exact) mass is 204 g/mol. The Balaban J connectivity index is 3.07. The molecule has 0 spiro atoms. The van der Waals surface area contributed by atoms with Crippen LogP contribution in [-0.2, 0) is 0 Å². The minimum absolute atomic E-state index is 0.278. The molecule has 0 saturated carbocycles. The van der Waals surface area contributed by atoms with Crippen molar-refractivity contribution in [2.24, 2.45) is 0 Å². The van der Waals surface area contributed by atoms with Crippen molar-refractivity contribution in [2.75, 3.05) is 26.3 Å². The number of hydrogen-bond acceptors (Lipinski definition) is 4. The SMILES string of the molecule is CC(NCCCCO)NCCCCO. The zero-order valence-electron chi connectivity index (χ0n) is 9.13. The Hall–Kier alpha value is -0.160. The number of rotatable bonds is 10. The number of aliphatic hydroxyl groups is 2. The van der Waals surface area contributed by atoms with Gasteiger partial charge in [-0.3, -0.25) is 0 Å². The van der Waals surface area contributed by atoms with Gasteiger partial charge in [-0.2, -0.15) is 0 Å². The van der Waals surface area contributed by atoms with E-state index in [9.17, 15) is 0 Å². The molecule has 4 N–H and O–H groups in total. The van der Waals surface area contributed by atoms with E-state index in [1.807, 2.05) is 0 Å². The van der Waals surface area contributed by atoms with E-state index in [1.54, 1.807) is 0 Å². The third kappa shape index (κ3) is 9.92. The molecule has 0 saturated heterocycles. The molecule has 0 aromatic rings. The van der Waals surface area contributed by atoms with E-state index in [-0.39, 0.29) is 13.2 Å². The fourth-order valence-corrected chi connectivity index (χ4v) is 1.18. The van der Waals surface area contributed by atoms with E-state index in [2.05, 4.69) is 17.6 Å². The lowest BCUT2D eigenvalue weighted by Gasteiger charge is -2.15. The fourth-order valence-electron chi connectivity index (χ4n) is 1.18. The van der Waals surface area contributed by atoms with Crippen LogP contribution in [0.15, 0.2) is 0 Å². The summed E-state index contributed by atoms with van der Waals surface area (Å²) in [5, 5.41) is 23.7. The Morgan fingerprint density at radius 3 is 1.64 bits per heavy atom. The lowest BCUT2D eigenvalue weighted by molar-refractivity contribution is 0.279. The molecule has 14 heavy (non-hydrogen) atoms. The van der Waals surface area contributed by atoms with Gasteiger partial charge in [-0.25, -0.2) is 0 Å². The van der Waals surface area contributed by atoms with Crippen molar-refractivity contribution in [3.8, 4) is 0 Å². The molecule has 4 heteroatoms. The zero-order chi connectivity index (χ0) is 10.6. The van der Waals surface area contributed by atoms with Crippen molar-refractivity contribution in [3.05, 3.63) is 0 Å². The second kappa shape index (κ2) is 10.9. The Morgan fingerprint density at radius 2 is 1.29 bits per heavy atom. The summed E-state index contributed by atoms with van der Waals surface area (Å²) in [5.74, 6) is 0. The molecule has 0 fully saturated rings. The van der Waals surface area contributed by atoms with E-state index in [4.69, 9.17) is 10.2 Å². The largest absolute Gasteiger partial charge is 0.396 e. The van der Waals surface area contributed by atoms with Crippen LogP contribution in [0.1, 0.15) is 32.6 Å². The first kappa shape index (κ1) is 13.8. The van der Waals surface area contributed by atoms with Crippen LogP contribution >= 0.6 is 0 Å². The lowest BCUT2D eigenvalue weighted by Crippen LogP contribution is -2.40. The predicted molar refractivity (Wildman–Crippen MR) is 58.1 cm³/mol. The summed E-state index contributed by atoms with van der Waals surface area (Å²) in [4.78, 5) is 0. The van der Waals surface area contributed by atoms with Crippen LogP contribution in [-0.4, -0.2) is 42.7 Å². The lowest BCUT2D eigenvalue weighted by atomic mass is 10.3. The molecule has 0 amide bonds. The molecule has 86 valence electrons. The molecule has 0 aromatic carbocycles. The summed E-state index contributed by atoms with van der Waals surface area (Å²) >= 11 is 0. The molecule has 0 rings (SSSR count). The summed E-state index contributed by atoms with van der Waals surface area (Å²) < 4.78 is 0. The number of nitrogens with one attached hydrogen (secondary N) is 2. The quantitative estimate of drug-likeness (QED) is 0.300. The molecule has 0 aliphatic carbocycles. The van der Waals surface area contributed by atoms with Gasteiger partial charge < -0.3 is 20.8 Å². The van der Waals surface area contributed by atoms with Crippen molar-refractivity contribution < 1.29 is 10.2 Å². The maximum absolute atomic E-state index is 8.56. The highest BCUT2D eigenvalue weighted by Crippen LogP contribution is 1.87. The van der Waals surface area contributed by atoms with Gasteiger partial charge in [0.1, 0.15) is 0 Å². The highest BCUT2D eigenvalue weighted by atomic mass is 16.3. The van der Waals surface area contributed by atoms with Crippen LogP contribution in [0, 0.1) is 0 Å². The summed E-state index contributed by atoms with van der Waals surface area (Å²) in [6, 6.07) is 0. The van der Waals surface area contributed by atoms with Crippen LogP contribution in [0.2, 0.25) is 0 Å². The minimum atomic E-state index is 0.278. The predicted octanol–water partition coefficient (Wildman–Crippen LogP) is 0.0566. The van der Waals surface area contributed by atoms with E-state index in [0.29, 0.717) is 6.17 Å². The molecule has 0 aromatic heterocycles. The van der Waals surface area contributed by atoms with Gasteiger partial charge >= 0.3 is 0 Å². The summed E-state index contributed by atoms with van der Waals surface area (Å²) in [6.45, 7) is 4.52. The number of aliphatic hydroxyl groups excluding tert-OH is 2. The van der Waals surface area contributed by atoms with Crippen molar-refractivity contribution >= 4 is 0 Å². The first-order valence-corrected chi connectivity index (χ1v) is 5.49. The second-order valence-electron chi connectivity index (χ2n) is 3.49. The van der Waals surface area contributed by atoms with Crippen LogP contribution in [0.4, 0.5) is 0 Å². The summed E-state index contributed by atoms with van der Waals surface area (Å²) in [5.41, 5.74) is 0. The molecule has 4 nitrogen and oxygen atoms in total. The van der Waals surface area contributed by atoms with Gasteiger partial charge in [-0.05, 0) is 45.7 Å². The highest BCUT2D eigenvalue weighted by Gasteiger charge is 1.97. The van der Waals surface area contributed by atoms with Crippen molar-refractivity contribution in [2.45, 2.75) is 38.8 Å². The van der Waals surface area contributed by atoms with Crippen LogP contribution in [0.3, 0.4) is 0 Å². The number of hydrogen-bond donors (Lipinski definition) is 4. The minimum Gasteiger partial charge on any atom is -0.396 e.